The van der Waals surface area contributed by atoms with E-state index >= 15 is 0 Å². The van der Waals surface area contributed by atoms with Crippen LogP contribution in [-0.2, 0) is 17.7 Å². The molecule has 3 N–H and O–H groups in total. The molecule has 3 unspecified atom stereocenters. The Labute approximate surface area is 114 Å². The van der Waals surface area contributed by atoms with Gasteiger partial charge in [-0.3, -0.25) is 16.0 Å². The molecular weight excluding hydrogens is 242 g/mol. The summed E-state index contributed by atoms with van der Waals surface area (Å²) in [5, 5.41) is 4.27. The van der Waals surface area contributed by atoms with Crippen LogP contribution in [0.1, 0.15) is 32.5 Å². The Bertz CT molecular complexity index is 381. The number of aromatic nitrogens is 3. The van der Waals surface area contributed by atoms with E-state index in [0.29, 0.717) is 11.8 Å². The lowest BCUT2D eigenvalue weighted by Crippen LogP contribution is -2.47. The van der Waals surface area contributed by atoms with Gasteiger partial charge in [0.1, 0.15) is 12.2 Å². The van der Waals surface area contributed by atoms with Crippen LogP contribution < -0.4 is 11.3 Å². The minimum atomic E-state index is 0.235. The molecule has 1 aliphatic rings. The molecule has 0 amide bonds. The first kappa shape index (κ1) is 14.4. The molecule has 1 fully saturated rings. The van der Waals surface area contributed by atoms with E-state index in [-0.39, 0.29) is 6.04 Å². The van der Waals surface area contributed by atoms with Crippen LogP contribution in [0.25, 0.3) is 0 Å². The van der Waals surface area contributed by atoms with Gasteiger partial charge in [0, 0.05) is 32.2 Å². The molecular formula is C13H25N5O. The number of hydrogen-bond donors (Lipinski definition) is 2. The van der Waals surface area contributed by atoms with E-state index in [1.807, 2.05) is 4.68 Å². The summed E-state index contributed by atoms with van der Waals surface area (Å²) in [6.45, 7) is 6.94. The van der Waals surface area contributed by atoms with Crippen molar-refractivity contribution in [3.8, 4) is 0 Å². The quantitative estimate of drug-likeness (QED) is 0.587. The number of rotatable bonds is 6. The molecule has 19 heavy (non-hydrogen) atoms. The van der Waals surface area contributed by atoms with Crippen LogP contribution in [-0.4, -0.2) is 34.0 Å². The molecule has 1 aliphatic heterocycles. The van der Waals surface area contributed by atoms with Crippen LogP contribution in [0.4, 0.5) is 0 Å². The minimum Gasteiger partial charge on any atom is -0.381 e. The van der Waals surface area contributed by atoms with E-state index in [4.69, 9.17) is 10.6 Å². The summed E-state index contributed by atoms with van der Waals surface area (Å²) < 4.78 is 7.48. The third-order valence-corrected chi connectivity index (χ3v) is 3.97. The van der Waals surface area contributed by atoms with Gasteiger partial charge in [-0.1, -0.05) is 13.8 Å². The Morgan fingerprint density at radius 2 is 2.47 bits per heavy atom. The summed E-state index contributed by atoms with van der Waals surface area (Å²) in [7, 11) is 0. The first-order valence-electron chi connectivity index (χ1n) is 7.16. The zero-order valence-corrected chi connectivity index (χ0v) is 11.9. The molecule has 2 heterocycles. The van der Waals surface area contributed by atoms with Crippen LogP contribution >= 0.6 is 0 Å². The van der Waals surface area contributed by atoms with Gasteiger partial charge in [-0.05, 0) is 24.7 Å². The topological polar surface area (TPSA) is 78.0 Å². The van der Waals surface area contributed by atoms with Gasteiger partial charge in [-0.15, -0.1) is 0 Å². The van der Waals surface area contributed by atoms with Crippen molar-refractivity contribution in [2.75, 3.05) is 13.2 Å². The Hall–Kier alpha value is -0.980. The van der Waals surface area contributed by atoms with E-state index in [2.05, 4.69) is 29.4 Å². The van der Waals surface area contributed by atoms with Gasteiger partial charge < -0.3 is 4.74 Å². The number of nitrogens with one attached hydrogen (secondary N) is 1. The maximum Gasteiger partial charge on any atom is 0.138 e. The van der Waals surface area contributed by atoms with Crippen LogP contribution in [0, 0.1) is 11.8 Å². The lowest BCUT2D eigenvalue weighted by molar-refractivity contribution is 0.0106. The molecule has 0 aliphatic carbocycles. The minimum absolute atomic E-state index is 0.235. The fourth-order valence-electron chi connectivity index (χ4n) is 2.87. The summed E-state index contributed by atoms with van der Waals surface area (Å²) in [6, 6.07) is 0.235. The van der Waals surface area contributed by atoms with Gasteiger partial charge in [0.25, 0.3) is 0 Å². The Kier molecular flexibility index (Phi) is 5.30. The molecule has 1 aromatic heterocycles. The van der Waals surface area contributed by atoms with Crippen molar-refractivity contribution in [1.82, 2.24) is 20.2 Å². The van der Waals surface area contributed by atoms with Crippen LogP contribution in [0.15, 0.2) is 6.33 Å². The summed E-state index contributed by atoms with van der Waals surface area (Å²) in [4.78, 5) is 4.37. The van der Waals surface area contributed by atoms with E-state index in [0.717, 1.165) is 44.8 Å². The highest BCUT2D eigenvalue weighted by Gasteiger charge is 2.30. The second kappa shape index (κ2) is 6.98. The molecule has 0 saturated carbocycles. The van der Waals surface area contributed by atoms with Crippen molar-refractivity contribution in [3.63, 3.8) is 0 Å². The van der Waals surface area contributed by atoms with Gasteiger partial charge in [0.2, 0.25) is 0 Å². The lowest BCUT2D eigenvalue weighted by atomic mass is 9.82. The summed E-state index contributed by atoms with van der Waals surface area (Å²) >= 11 is 0. The fourth-order valence-corrected chi connectivity index (χ4v) is 2.87. The zero-order valence-electron chi connectivity index (χ0n) is 11.9. The monoisotopic (exact) mass is 267 g/mol. The highest BCUT2D eigenvalue weighted by atomic mass is 16.5. The highest BCUT2D eigenvalue weighted by molar-refractivity contribution is 4.93. The van der Waals surface area contributed by atoms with Crippen molar-refractivity contribution >= 4 is 0 Å². The number of nitrogens with two attached hydrogens (primary N) is 1. The third-order valence-electron chi connectivity index (χ3n) is 3.97. The van der Waals surface area contributed by atoms with E-state index in [1.54, 1.807) is 6.33 Å². The summed E-state index contributed by atoms with van der Waals surface area (Å²) in [6.07, 6.45) is 4.57. The number of aryl methyl sites for hydroxylation is 1. The Balaban J connectivity index is 2.03. The lowest BCUT2D eigenvalue weighted by Gasteiger charge is -2.34. The van der Waals surface area contributed by atoms with Crippen molar-refractivity contribution in [2.24, 2.45) is 17.7 Å². The van der Waals surface area contributed by atoms with E-state index in [1.165, 1.54) is 0 Å². The van der Waals surface area contributed by atoms with Gasteiger partial charge in [-0.25, -0.2) is 4.98 Å². The normalized spacial score (nSPS) is 25.4. The molecule has 0 radical (unpaired) electrons. The third kappa shape index (κ3) is 3.52. The molecule has 1 aromatic rings. The number of ether oxygens (including phenoxy) is 1. The number of hydrogen-bond acceptors (Lipinski definition) is 5. The Morgan fingerprint density at radius 1 is 1.63 bits per heavy atom. The first-order chi connectivity index (χ1) is 9.26. The standard InChI is InChI=1S/C13H25N5O/c1-3-5-18-13(15-9-16-18)7-12(17-14)11-4-6-19-8-10(11)2/h9-12,17H,3-8,14H2,1-2H3. The molecule has 0 bridgehead atoms. The van der Waals surface area contributed by atoms with E-state index in [9.17, 15) is 0 Å². The molecule has 108 valence electrons. The maximum atomic E-state index is 5.76. The van der Waals surface area contributed by atoms with Crippen LogP contribution in [0.2, 0.25) is 0 Å². The maximum absolute atomic E-state index is 5.76. The van der Waals surface area contributed by atoms with Crippen molar-refractivity contribution < 1.29 is 4.74 Å². The highest BCUT2D eigenvalue weighted by Crippen LogP contribution is 2.26. The van der Waals surface area contributed by atoms with Crippen molar-refractivity contribution in [2.45, 2.75) is 45.7 Å². The molecule has 1 saturated heterocycles. The van der Waals surface area contributed by atoms with Gasteiger partial charge in [-0.2, -0.15) is 5.10 Å². The molecule has 6 nitrogen and oxygen atoms in total. The molecule has 0 spiro atoms. The second-order valence-corrected chi connectivity index (χ2v) is 5.38. The van der Waals surface area contributed by atoms with Gasteiger partial charge >= 0.3 is 0 Å². The van der Waals surface area contributed by atoms with Gasteiger partial charge in [0.05, 0.1) is 0 Å². The van der Waals surface area contributed by atoms with Crippen LogP contribution in [0.3, 0.4) is 0 Å². The predicted octanol–water partition coefficient (Wildman–Crippen LogP) is 0.735. The average molecular weight is 267 g/mol. The largest absolute Gasteiger partial charge is 0.381 e. The Morgan fingerprint density at radius 3 is 3.16 bits per heavy atom. The average Bonchev–Trinajstić information content (AvgIpc) is 2.85. The fraction of sp³-hybridized carbons (Fsp3) is 0.846. The van der Waals surface area contributed by atoms with Crippen molar-refractivity contribution in [3.05, 3.63) is 12.2 Å². The molecule has 6 heteroatoms. The predicted molar refractivity (Wildman–Crippen MR) is 73.2 cm³/mol. The van der Waals surface area contributed by atoms with Crippen LogP contribution in [0.5, 0.6) is 0 Å². The van der Waals surface area contributed by atoms with E-state index < -0.39 is 0 Å². The summed E-state index contributed by atoms with van der Waals surface area (Å²) in [5.41, 5.74) is 2.97. The van der Waals surface area contributed by atoms with Crippen molar-refractivity contribution in [1.29, 1.82) is 0 Å². The second-order valence-electron chi connectivity index (χ2n) is 5.38. The number of hydrazine groups is 1. The zero-order chi connectivity index (χ0) is 13.7. The summed E-state index contributed by atoms with van der Waals surface area (Å²) in [5.74, 6) is 7.83. The molecule has 2 rings (SSSR count). The first-order valence-corrected chi connectivity index (χ1v) is 7.16. The SMILES string of the molecule is CCCn1ncnc1CC(NN)C1CCOCC1C. The number of nitrogens with zero attached hydrogens (tertiary/aromatic N) is 3. The van der Waals surface area contributed by atoms with Gasteiger partial charge in [0.15, 0.2) is 0 Å². The molecule has 3 atom stereocenters. The molecule has 0 aromatic carbocycles. The smallest absolute Gasteiger partial charge is 0.138 e.